The highest BCUT2D eigenvalue weighted by atomic mass is 32.2. The van der Waals surface area contributed by atoms with E-state index in [0.717, 1.165) is 9.98 Å². The van der Waals surface area contributed by atoms with Crippen LogP contribution in [0.3, 0.4) is 0 Å². The van der Waals surface area contributed by atoms with Gasteiger partial charge in [-0.3, -0.25) is 13.9 Å². The Morgan fingerprint density at radius 3 is 2.36 bits per heavy atom. The van der Waals surface area contributed by atoms with Crippen LogP contribution in [0.1, 0.15) is 46.4 Å². The van der Waals surface area contributed by atoms with E-state index in [0.29, 0.717) is 12.2 Å². The maximum atomic E-state index is 13.2. The van der Waals surface area contributed by atoms with Gasteiger partial charge in [0.15, 0.2) is 20.1 Å². The van der Waals surface area contributed by atoms with Gasteiger partial charge in [0.2, 0.25) is 0 Å². The van der Waals surface area contributed by atoms with E-state index in [-0.39, 0.29) is 23.3 Å². The Kier molecular flexibility index (Phi) is 7.61. The van der Waals surface area contributed by atoms with Gasteiger partial charge in [0, 0.05) is 25.4 Å². The Hall–Kier alpha value is -1.77. The summed E-state index contributed by atoms with van der Waals surface area (Å²) in [6.45, 7) is 16.0. The molecule has 1 spiro atoms. The van der Waals surface area contributed by atoms with Gasteiger partial charge < -0.3 is 19.6 Å². The summed E-state index contributed by atoms with van der Waals surface area (Å²) in [4.78, 5) is 25.6. The van der Waals surface area contributed by atoms with Crippen LogP contribution in [0, 0.1) is 12.8 Å². The molecular weight excluding hydrogens is 506 g/mol. The summed E-state index contributed by atoms with van der Waals surface area (Å²) in [5.74, 6) is 0.215. The van der Waals surface area contributed by atoms with Crippen molar-refractivity contribution in [3.63, 3.8) is 0 Å². The first kappa shape index (κ1) is 28.8. The van der Waals surface area contributed by atoms with Crippen LogP contribution in [0.15, 0.2) is 26.9 Å². The molecule has 3 heterocycles. The predicted molar refractivity (Wildman–Crippen MR) is 137 cm³/mol. The monoisotopic (exact) mass is 545 g/mol. The highest BCUT2D eigenvalue weighted by Crippen LogP contribution is 2.51. The van der Waals surface area contributed by atoms with Crippen LogP contribution >= 0.6 is 0 Å². The van der Waals surface area contributed by atoms with Crippen LogP contribution in [0.5, 0.6) is 0 Å². The molecule has 4 atom stereocenters. The summed E-state index contributed by atoms with van der Waals surface area (Å²) < 4.78 is 52.2. The lowest BCUT2D eigenvalue weighted by Crippen LogP contribution is -2.58. The molecule has 2 aliphatic rings. The normalized spacial score (nSPS) is 28.3. The van der Waals surface area contributed by atoms with Crippen molar-refractivity contribution in [2.45, 2.75) is 83.7 Å². The number of aryl methyl sites for hydroxylation is 1. The smallest absolute Gasteiger partial charge is 0.332 e. The summed E-state index contributed by atoms with van der Waals surface area (Å²) in [5, 5.41) is 0.594. The summed E-state index contributed by atoms with van der Waals surface area (Å²) in [6, 6.07) is 0. The standard InChI is InChI=1S/C23H39N3O8SSi/c1-14(2)11-31-12-17-23(16(24)13-35(29,30)34-23)18(33-36(8,9)22(4,5)6)20(32-17)26-10-15(3)19(27)25(7)21(26)28/h10,13-14,17-18,20H,11-12,24H2,1-9H3/t17-,18+,20-,23-/m1/s1. The summed E-state index contributed by atoms with van der Waals surface area (Å²) >= 11 is 0. The molecule has 1 saturated heterocycles. The zero-order chi connectivity index (χ0) is 27.4. The summed E-state index contributed by atoms with van der Waals surface area (Å²) in [5.41, 5.74) is 3.76. The number of hydrogen-bond acceptors (Lipinski definition) is 9. The fourth-order valence-corrected chi connectivity index (χ4v) is 6.66. The van der Waals surface area contributed by atoms with Crippen molar-refractivity contribution in [2.75, 3.05) is 13.2 Å². The number of rotatable bonds is 7. The van der Waals surface area contributed by atoms with E-state index in [1.54, 1.807) is 6.92 Å². The van der Waals surface area contributed by atoms with E-state index in [1.165, 1.54) is 17.8 Å². The maximum Gasteiger partial charge on any atom is 0.332 e. The molecule has 36 heavy (non-hydrogen) atoms. The molecule has 2 N–H and O–H groups in total. The number of nitrogens with zero attached hydrogens (tertiary/aromatic N) is 2. The molecule has 3 rings (SSSR count). The number of hydrogen-bond donors (Lipinski definition) is 1. The first-order valence-electron chi connectivity index (χ1n) is 12.0. The average molecular weight is 546 g/mol. The van der Waals surface area contributed by atoms with Gasteiger partial charge in [-0.1, -0.05) is 34.6 Å². The molecule has 11 nitrogen and oxygen atoms in total. The second-order valence-electron chi connectivity index (χ2n) is 11.6. The molecule has 0 bridgehead atoms. The molecule has 1 aromatic heterocycles. The van der Waals surface area contributed by atoms with Gasteiger partial charge in [-0.2, -0.15) is 8.42 Å². The third-order valence-electron chi connectivity index (χ3n) is 7.15. The Bertz CT molecular complexity index is 1260. The second-order valence-corrected chi connectivity index (χ2v) is 17.7. The van der Waals surface area contributed by atoms with Gasteiger partial charge in [-0.15, -0.1) is 0 Å². The van der Waals surface area contributed by atoms with E-state index in [9.17, 15) is 18.0 Å². The molecule has 0 aliphatic carbocycles. The maximum absolute atomic E-state index is 13.2. The summed E-state index contributed by atoms with van der Waals surface area (Å²) in [7, 11) is -5.39. The quantitative estimate of drug-likeness (QED) is 0.400. The van der Waals surface area contributed by atoms with Crippen molar-refractivity contribution >= 4 is 18.4 Å². The molecule has 0 unspecified atom stereocenters. The van der Waals surface area contributed by atoms with Crippen molar-refractivity contribution in [3.05, 3.63) is 43.7 Å². The van der Waals surface area contributed by atoms with E-state index in [4.69, 9.17) is 23.8 Å². The van der Waals surface area contributed by atoms with E-state index in [2.05, 4.69) is 0 Å². The molecule has 2 aliphatic heterocycles. The van der Waals surface area contributed by atoms with E-state index in [1.807, 2.05) is 47.7 Å². The highest BCUT2D eigenvalue weighted by Gasteiger charge is 2.67. The fourth-order valence-electron chi connectivity index (χ4n) is 4.15. The minimum Gasteiger partial charge on any atom is -0.406 e. The summed E-state index contributed by atoms with van der Waals surface area (Å²) in [6.07, 6.45) is -1.86. The number of aromatic nitrogens is 2. The van der Waals surface area contributed by atoms with Crippen LogP contribution in [0.4, 0.5) is 0 Å². The van der Waals surface area contributed by atoms with Crippen molar-refractivity contribution in [2.24, 2.45) is 18.7 Å². The lowest BCUT2D eigenvalue weighted by Gasteiger charge is -2.43. The Morgan fingerprint density at radius 2 is 1.86 bits per heavy atom. The molecule has 204 valence electrons. The molecule has 0 aromatic carbocycles. The minimum absolute atomic E-state index is 0.0460. The van der Waals surface area contributed by atoms with Crippen LogP contribution in [0.25, 0.3) is 0 Å². The number of ether oxygens (including phenoxy) is 2. The van der Waals surface area contributed by atoms with Gasteiger partial charge in [0.1, 0.15) is 12.2 Å². The van der Waals surface area contributed by atoms with Gasteiger partial charge in [0.25, 0.3) is 15.7 Å². The molecule has 0 saturated carbocycles. The zero-order valence-corrected chi connectivity index (χ0v) is 24.3. The second kappa shape index (κ2) is 9.51. The van der Waals surface area contributed by atoms with Crippen molar-refractivity contribution in [1.82, 2.24) is 9.13 Å². The first-order valence-corrected chi connectivity index (χ1v) is 16.3. The Morgan fingerprint density at radius 1 is 1.25 bits per heavy atom. The van der Waals surface area contributed by atoms with Gasteiger partial charge >= 0.3 is 5.69 Å². The molecule has 0 amide bonds. The third-order valence-corrected chi connectivity index (χ3v) is 12.7. The Balaban J connectivity index is 2.24. The number of nitrogens with two attached hydrogens (primary N) is 1. The van der Waals surface area contributed by atoms with Crippen molar-refractivity contribution < 1.29 is 26.5 Å². The van der Waals surface area contributed by atoms with Gasteiger partial charge in [-0.05, 0) is 31.0 Å². The average Bonchev–Trinajstić information content (AvgIpc) is 3.14. The Labute approximate surface area is 213 Å². The van der Waals surface area contributed by atoms with Crippen LogP contribution in [-0.4, -0.2) is 56.9 Å². The third kappa shape index (κ3) is 5.01. The van der Waals surface area contributed by atoms with E-state index >= 15 is 0 Å². The van der Waals surface area contributed by atoms with Gasteiger partial charge in [0.05, 0.1) is 17.7 Å². The van der Waals surface area contributed by atoms with Crippen LogP contribution in [0.2, 0.25) is 18.1 Å². The molecular formula is C23H39N3O8SSi. The molecule has 13 heteroatoms. The fraction of sp³-hybridized carbons (Fsp3) is 0.739. The van der Waals surface area contributed by atoms with Gasteiger partial charge in [-0.25, -0.2) is 8.98 Å². The molecule has 0 radical (unpaired) electrons. The topological polar surface area (TPSA) is 141 Å². The lowest BCUT2D eigenvalue weighted by molar-refractivity contribution is -0.0781. The van der Waals surface area contributed by atoms with Crippen LogP contribution < -0.4 is 17.0 Å². The van der Waals surface area contributed by atoms with Crippen molar-refractivity contribution in [3.8, 4) is 0 Å². The largest absolute Gasteiger partial charge is 0.406 e. The molecule has 1 aromatic rings. The molecule has 1 fully saturated rings. The van der Waals surface area contributed by atoms with Crippen molar-refractivity contribution in [1.29, 1.82) is 0 Å². The lowest BCUT2D eigenvalue weighted by atomic mass is 9.89. The highest BCUT2D eigenvalue weighted by molar-refractivity contribution is 7.90. The van der Waals surface area contributed by atoms with E-state index < -0.39 is 53.7 Å². The zero-order valence-electron chi connectivity index (χ0n) is 22.5. The minimum atomic E-state index is -4.15. The first-order chi connectivity index (χ1) is 16.3. The SMILES string of the molecule is Cc1cn([C@@H]2O[C@H](COCC(C)C)[C@@]3(OS(=O)(=O)C=C3N)[C@H]2O[Si](C)(C)C(C)(C)C)c(=O)n(C)c1=O. The predicted octanol–water partition coefficient (Wildman–Crippen LogP) is 1.71. The van der Waals surface area contributed by atoms with Crippen LogP contribution in [-0.2, 0) is 35.2 Å².